The summed E-state index contributed by atoms with van der Waals surface area (Å²) in [6.07, 6.45) is 0.767. The van der Waals surface area contributed by atoms with Crippen molar-refractivity contribution in [3.63, 3.8) is 0 Å². The maximum atomic E-state index is 12.8. The largest absolute Gasteiger partial charge is 0.331 e. The Morgan fingerprint density at radius 2 is 1.62 bits per heavy atom. The summed E-state index contributed by atoms with van der Waals surface area (Å²) in [6.45, 7) is 7.18. The van der Waals surface area contributed by atoms with Crippen LogP contribution in [0.25, 0.3) is 0 Å². The number of amides is 2. The summed E-state index contributed by atoms with van der Waals surface area (Å²) in [4.78, 5) is 28.9. The average molecular weight is 350 g/mol. The molecule has 3 rings (SSSR count). The van der Waals surface area contributed by atoms with E-state index in [4.69, 9.17) is 0 Å². The van der Waals surface area contributed by atoms with E-state index in [-0.39, 0.29) is 18.4 Å². The van der Waals surface area contributed by atoms with Gasteiger partial charge in [0, 0.05) is 13.1 Å². The van der Waals surface area contributed by atoms with Gasteiger partial charge in [-0.05, 0) is 49.4 Å². The quantitative estimate of drug-likeness (QED) is 0.831. The third-order valence-electron chi connectivity index (χ3n) is 5.27. The number of hydrogen-bond acceptors (Lipinski definition) is 2. The van der Waals surface area contributed by atoms with E-state index in [2.05, 4.69) is 26.0 Å². The number of hydrogen-bond donors (Lipinski definition) is 0. The van der Waals surface area contributed by atoms with E-state index >= 15 is 0 Å². The van der Waals surface area contributed by atoms with Gasteiger partial charge in [0.2, 0.25) is 11.8 Å². The molecular formula is C22H26N2O2. The molecule has 4 nitrogen and oxygen atoms in total. The third-order valence-corrected chi connectivity index (χ3v) is 5.27. The number of aryl methyl sites for hydroxylation is 2. The van der Waals surface area contributed by atoms with Gasteiger partial charge in [0.25, 0.3) is 0 Å². The lowest BCUT2D eigenvalue weighted by Gasteiger charge is -2.39. The maximum absolute atomic E-state index is 12.8. The van der Waals surface area contributed by atoms with Gasteiger partial charge in [-0.3, -0.25) is 9.59 Å². The van der Waals surface area contributed by atoms with E-state index in [0.29, 0.717) is 13.1 Å². The molecule has 1 atom stereocenters. The Balaban J connectivity index is 1.69. The van der Waals surface area contributed by atoms with Crippen LogP contribution in [0.1, 0.15) is 29.2 Å². The summed E-state index contributed by atoms with van der Waals surface area (Å²) >= 11 is 0. The molecule has 0 spiro atoms. The molecule has 0 unspecified atom stereocenters. The highest BCUT2D eigenvalue weighted by Gasteiger charge is 2.36. The minimum atomic E-state index is -0.425. The highest BCUT2D eigenvalue weighted by Crippen LogP contribution is 2.21. The van der Waals surface area contributed by atoms with Gasteiger partial charge >= 0.3 is 0 Å². The summed E-state index contributed by atoms with van der Waals surface area (Å²) in [5.41, 5.74) is 4.63. The summed E-state index contributed by atoms with van der Waals surface area (Å²) in [5.74, 6) is 0.0552. The van der Waals surface area contributed by atoms with Crippen LogP contribution < -0.4 is 0 Å². The molecule has 0 N–H and O–H groups in total. The Kier molecular flexibility index (Phi) is 5.40. The third kappa shape index (κ3) is 3.79. The number of carbonyl (C=O) groups excluding carboxylic acids is 2. The van der Waals surface area contributed by atoms with Crippen molar-refractivity contribution in [3.8, 4) is 0 Å². The number of nitrogens with zero attached hydrogens (tertiary/aromatic N) is 2. The highest BCUT2D eigenvalue weighted by molar-refractivity contribution is 5.94. The van der Waals surface area contributed by atoms with Gasteiger partial charge in [0.15, 0.2) is 0 Å². The molecule has 1 heterocycles. The van der Waals surface area contributed by atoms with Crippen LogP contribution in [0.15, 0.2) is 48.5 Å². The lowest BCUT2D eigenvalue weighted by atomic mass is 10.0. The van der Waals surface area contributed by atoms with E-state index in [9.17, 15) is 9.59 Å². The van der Waals surface area contributed by atoms with Gasteiger partial charge < -0.3 is 9.80 Å². The second-order valence-corrected chi connectivity index (χ2v) is 7.06. The van der Waals surface area contributed by atoms with Crippen molar-refractivity contribution in [1.29, 1.82) is 0 Å². The summed E-state index contributed by atoms with van der Waals surface area (Å²) in [7, 11) is 0. The normalized spacial score (nSPS) is 17.7. The number of rotatable bonds is 5. The van der Waals surface area contributed by atoms with E-state index in [1.165, 1.54) is 5.56 Å². The molecule has 136 valence electrons. The summed E-state index contributed by atoms with van der Waals surface area (Å²) in [5, 5.41) is 0. The van der Waals surface area contributed by atoms with Crippen molar-refractivity contribution in [2.24, 2.45) is 0 Å². The van der Waals surface area contributed by atoms with Crippen molar-refractivity contribution in [1.82, 2.24) is 9.80 Å². The average Bonchev–Trinajstić information content (AvgIpc) is 2.63. The first-order valence-corrected chi connectivity index (χ1v) is 9.14. The monoisotopic (exact) mass is 350 g/mol. The molecule has 2 aromatic rings. The van der Waals surface area contributed by atoms with E-state index in [0.717, 1.165) is 23.1 Å². The second-order valence-electron chi connectivity index (χ2n) is 7.06. The van der Waals surface area contributed by atoms with Crippen molar-refractivity contribution >= 4 is 11.8 Å². The molecule has 26 heavy (non-hydrogen) atoms. The lowest BCUT2D eigenvalue weighted by molar-refractivity contribution is -0.155. The molecule has 2 amide bonds. The van der Waals surface area contributed by atoms with E-state index in [1.807, 2.05) is 43.3 Å². The van der Waals surface area contributed by atoms with Crippen molar-refractivity contribution in [2.45, 2.75) is 39.8 Å². The summed E-state index contributed by atoms with van der Waals surface area (Å²) < 4.78 is 0. The molecule has 0 radical (unpaired) electrons. The van der Waals surface area contributed by atoms with Crippen LogP contribution in [0.2, 0.25) is 0 Å². The molecule has 4 heteroatoms. The highest BCUT2D eigenvalue weighted by atomic mass is 16.2. The second kappa shape index (κ2) is 7.73. The van der Waals surface area contributed by atoms with Gasteiger partial charge in [-0.2, -0.15) is 0 Å². The fraction of sp³-hybridized carbons (Fsp3) is 0.364. The molecule has 0 aliphatic carbocycles. The fourth-order valence-corrected chi connectivity index (χ4v) is 3.54. The Morgan fingerprint density at radius 1 is 0.962 bits per heavy atom. The van der Waals surface area contributed by atoms with Crippen molar-refractivity contribution < 1.29 is 9.59 Å². The van der Waals surface area contributed by atoms with Crippen molar-refractivity contribution in [2.75, 3.05) is 13.1 Å². The molecule has 1 saturated heterocycles. The lowest BCUT2D eigenvalue weighted by Crippen LogP contribution is -2.58. The number of benzene rings is 2. The van der Waals surface area contributed by atoms with Crippen molar-refractivity contribution in [3.05, 3.63) is 70.8 Å². The zero-order chi connectivity index (χ0) is 18.7. The SMILES string of the molecule is Cc1cccc(C)c1CN1C(=O)CN(CCc2ccccc2)C(=O)[C@@H]1C. The van der Waals surface area contributed by atoms with Crippen LogP contribution in [-0.2, 0) is 22.6 Å². The summed E-state index contributed by atoms with van der Waals surface area (Å²) in [6, 6.07) is 15.8. The molecular weight excluding hydrogens is 324 g/mol. The topological polar surface area (TPSA) is 40.6 Å². The first-order chi connectivity index (χ1) is 12.5. The standard InChI is InChI=1S/C22H26N2O2/c1-16-8-7-9-17(2)20(16)14-24-18(3)22(26)23(15-21(24)25)13-12-19-10-5-4-6-11-19/h4-11,18H,12-15H2,1-3H3/t18-/m0/s1. The smallest absolute Gasteiger partial charge is 0.245 e. The van der Waals surface area contributed by atoms with Crippen LogP contribution in [0, 0.1) is 13.8 Å². The Hall–Kier alpha value is -2.62. The minimum absolute atomic E-state index is 0.0211. The predicted octanol–water partition coefficient (Wildman–Crippen LogP) is 3.11. The van der Waals surface area contributed by atoms with Gasteiger partial charge in [-0.1, -0.05) is 48.5 Å². The van der Waals surface area contributed by atoms with Crippen LogP contribution in [0.3, 0.4) is 0 Å². The minimum Gasteiger partial charge on any atom is -0.331 e. The maximum Gasteiger partial charge on any atom is 0.245 e. The molecule has 0 bridgehead atoms. The van der Waals surface area contributed by atoms with Crippen LogP contribution >= 0.6 is 0 Å². The Labute approximate surface area is 155 Å². The van der Waals surface area contributed by atoms with E-state index in [1.54, 1.807) is 9.80 Å². The van der Waals surface area contributed by atoms with Gasteiger partial charge in [-0.25, -0.2) is 0 Å². The van der Waals surface area contributed by atoms with Crippen LogP contribution in [0.4, 0.5) is 0 Å². The van der Waals surface area contributed by atoms with Crippen LogP contribution in [0.5, 0.6) is 0 Å². The number of piperazine rings is 1. The molecule has 1 fully saturated rings. The molecule has 0 saturated carbocycles. The first-order valence-electron chi connectivity index (χ1n) is 9.14. The Bertz CT molecular complexity index is 781. The fourth-order valence-electron chi connectivity index (χ4n) is 3.54. The molecule has 2 aromatic carbocycles. The number of carbonyl (C=O) groups is 2. The Morgan fingerprint density at radius 3 is 2.27 bits per heavy atom. The van der Waals surface area contributed by atoms with E-state index < -0.39 is 6.04 Å². The predicted molar refractivity (Wildman–Crippen MR) is 103 cm³/mol. The molecule has 1 aliphatic heterocycles. The van der Waals surface area contributed by atoms with Gasteiger partial charge in [-0.15, -0.1) is 0 Å². The molecule has 0 aromatic heterocycles. The van der Waals surface area contributed by atoms with Gasteiger partial charge in [0.05, 0.1) is 6.54 Å². The van der Waals surface area contributed by atoms with Gasteiger partial charge in [0.1, 0.15) is 6.04 Å². The van der Waals surface area contributed by atoms with Crippen LogP contribution in [-0.4, -0.2) is 40.7 Å². The zero-order valence-corrected chi connectivity index (χ0v) is 15.7. The first kappa shape index (κ1) is 18.2. The molecule has 1 aliphatic rings. The zero-order valence-electron chi connectivity index (χ0n) is 15.7.